The monoisotopic (exact) mass is 324 g/mol. The number of ketones is 1. The molecule has 0 spiro atoms. The summed E-state index contributed by atoms with van der Waals surface area (Å²) >= 11 is 0. The van der Waals surface area contributed by atoms with Gasteiger partial charge in [-0.05, 0) is 32.6 Å². The van der Waals surface area contributed by atoms with Crippen LogP contribution in [0.25, 0.3) is 0 Å². The number of aliphatic hydroxyl groups excluding tert-OH is 3. The van der Waals surface area contributed by atoms with Gasteiger partial charge in [0.05, 0.1) is 12.7 Å². The third kappa shape index (κ3) is 2.20. The lowest BCUT2D eigenvalue weighted by molar-refractivity contribution is -0.158. The van der Waals surface area contributed by atoms with Gasteiger partial charge < -0.3 is 25.2 Å². The van der Waals surface area contributed by atoms with Crippen molar-refractivity contribution < 1.29 is 30.0 Å². The zero-order valence-corrected chi connectivity index (χ0v) is 13.5. The average Bonchev–Trinajstić information content (AvgIpc) is 2.75. The predicted octanol–water partition coefficient (Wildman–Crippen LogP) is 0.0497. The van der Waals surface area contributed by atoms with E-state index in [1.54, 1.807) is 6.92 Å². The van der Waals surface area contributed by atoms with Crippen LogP contribution < -0.4 is 0 Å². The van der Waals surface area contributed by atoms with Crippen LogP contribution in [0.1, 0.15) is 33.1 Å². The molecule has 0 bridgehead atoms. The molecule has 0 aromatic rings. The molecular weight excluding hydrogens is 300 g/mol. The molecule has 0 aromatic carbocycles. The van der Waals surface area contributed by atoms with E-state index in [4.69, 9.17) is 4.74 Å². The molecule has 0 radical (unpaired) electrons. The molecule has 1 heterocycles. The first-order chi connectivity index (χ1) is 10.6. The Morgan fingerprint density at radius 2 is 2.09 bits per heavy atom. The SMILES string of the molecule is C=C(C)C1CC(O)C2(C)OC3=C(CC12)C(=O)C(O)(CO)CC3O. The zero-order valence-electron chi connectivity index (χ0n) is 13.5. The Kier molecular flexibility index (Phi) is 3.72. The Balaban J connectivity index is 2.04. The molecule has 6 unspecified atom stereocenters. The van der Waals surface area contributed by atoms with Gasteiger partial charge in [-0.15, -0.1) is 0 Å². The van der Waals surface area contributed by atoms with Gasteiger partial charge in [-0.1, -0.05) is 12.2 Å². The van der Waals surface area contributed by atoms with Gasteiger partial charge >= 0.3 is 0 Å². The van der Waals surface area contributed by atoms with Gasteiger partial charge in [0.15, 0.2) is 11.4 Å². The number of hydrogen-bond donors (Lipinski definition) is 4. The molecular formula is C17H24O6. The van der Waals surface area contributed by atoms with Crippen LogP contribution in [-0.2, 0) is 9.53 Å². The van der Waals surface area contributed by atoms with Gasteiger partial charge in [0.1, 0.15) is 17.5 Å². The summed E-state index contributed by atoms with van der Waals surface area (Å²) in [4.78, 5) is 12.6. The van der Waals surface area contributed by atoms with Crippen molar-refractivity contribution in [3.8, 4) is 0 Å². The summed E-state index contributed by atoms with van der Waals surface area (Å²) in [5, 5.41) is 40.4. The Bertz CT molecular complexity index is 596. The number of hydrogen-bond acceptors (Lipinski definition) is 6. The van der Waals surface area contributed by atoms with E-state index in [2.05, 4.69) is 6.58 Å². The molecule has 3 aliphatic rings. The van der Waals surface area contributed by atoms with Crippen LogP contribution in [0.15, 0.2) is 23.5 Å². The van der Waals surface area contributed by atoms with Gasteiger partial charge in [-0.3, -0.25) is 4.79 Å². The maximum Gasteiger partial charge on any atom is 0.196 e. The van der Waals surface area contributed by atoms with Crippen molar-refractivity contribution in [2.24, 2.45) is 11.8 Å². The van der Waals surface area contributed by atoms with Crippen LogP contribution in [0.3, 0.4) is 0 Å². The van der Waals surface area contributed by atoms with Gasteiger partial charge in [0.2, 0.25) is 0 Å². The summed E-state index contributed by atoms with van der Waals surface area (Å²) in [6, 6.07) is 0. The maximum atomic E-state index is 12.6. The second kappa shape index (κ2) is 5.14. The highest BCUT2D eigenvalue weighted by molar-refractivity contribution is 6.03. The minimum absolute atomic E-state index is 0.00172. The number of carbonyl (C=O) groups is 1. The van der Waals surface area contributed by atoms with Crippen molar-refractivity contribution in [3.05, 3.63) is 23.5 Å². The molecule has 6 nitrogen and oxygen atoms in total. The van der Waals surface area contributed by atoms with Gasteiger partial charge in [-0.25, -0.2) is 0 Å². The molecule has 0 saturated heterocycles. The van der Waals surface area contributed by atoms with Crippen molar-refractivity contribution in [3.63, 3.8) is 0 Å². The fraction of sp³-hybridized carbons (Fsp3) is 0.706. The van der Waals surface area contributed by atoms with Crippen LogP contribution in [0.5, 0.6) is 0 Å². The quantitative estimate of drug-likeness (QED) is 0.535. The lowest BCUT2D eigenvalue weighted by atomic mass is 9.71. The summed E-state index contributed by atoms with van der Waals surface area (Å²) < 4.78 is 5.94. The van der Waals surface area contributed by atoms with Crippen molar-refractivity contribution in [2.75, 3.05) is 6.61 Å². The van der Waals surface area contributed by atoms with E-state index in [0.29, 0.717) is 12.8 Å². The Morgan fingerprint density at radius 3 is 2.65 bits per heavy atom. The molecule has 3 rings (SSSR count). The number of fused-ring (bicyclic) bond motifs is 1. The van der Waals surface area contributed by atoms with E-state index < -0.39 is 35.8 Å². The fourth-order valence-electron chi connectivity index (χ4n) is 4.33. The first-order valence-electron chi connectivity index (χ1n) is 7.95. The van der Waals surface area contributed by atoms with Gasteiger partial charge in [-0.2, -0.15) is 0 Å². The second-order valence-electron chi connectivity index (χ2n) is 7.38. The van der Waals surface area contributed by atoms with E-state index in [1.165, 1.54) is 0 Å². The largest absolute Gasteiger partial charge is 0.486 e. The Labute approximate surface area is 135 Å². The molecule has 4 N–H and O–H groups in total. The highest BCUT2D eigenvalue weighted by Gasteiger charge is 2.60. The molecule has 0 aromatic heterocycles. The zero-order chi connectivity index (χ0) is 17.2. The van der Waals surface area contributed by atoms with E-state index in [0.717, 1.165) is 5.57 Å². The molecule has 23 heavy (non-hydrogen) atoms. The maximum absolute atomic E-state index is 12.6. The third-order valence-electron chi connectivity index (χ3n) is 5.84. The molecule has 6 heteroatoms. The third-order valence-corrected chi connectivity index (χ3v) is 5.84. The van der Waals surface area contributed by atoms with E-state index in [1.807, 2.05) is 6.92 Å². The number of Topliss-reactive ketones (excluding diaryl/α,β-unsaturated/α-hetero) is 1. The molecule has 0 amide bonds. The minimum atomic E-state index is -1.97. The standard InChI is InChI=1S/C17H24O6/c1-8(2)9-5-13(20)16(3)11(9)4-10-14(23-16)12(19)6-17(22,7-18)15(10)21/h9,11-13,18-20,22H,1,4-7H2,2-3H3. The molecule has 2 aliphatic carbocycles. The van der Waals surface area contributed by atoms with E-state index in [-0.39, 0.29) is 29.6 Å². The number of aliphatic hydroxyl groups is 4. The summed E-state index contributed by atoms with van der Waals surface area (Å²) in [5.74, 6) is -0.624. The average molecular weight is 324 g/mol. The second-order valence-corrected chi connectivity index (χ2v) is 7.38. The lowest BCUT2D eigenvalue weighted by Crippen LogP contribution is -2.55. The number of rotatable bonds is 2. The predicted molar refractivity (Wildman–Crippen MR) is 81.2 cm³/mol. The van der Waals surface area contributed by atoms with Crippen molar-refractivity contribution in [2.45, 2.75) is 56.5 Å². The highest BCUT2D eigenvalue weighted by atomic mass is 16.5. The van der Waals surface area contributed by atoms with Gasteiger partial charge in [0.25, 0.3) is 0 Å². The minimum Gasteiger partial charge on any atom is -0.486 e. The first kappa shape index (κ1) is 16.6. The van der Waals surface area contributed by atoms with Crippen LogP contribution in [0, 0.1) is 11.8 Å². The summed E-state index contributed by atoms with van der Waals surface area (Å²) in [7, 11) is 0. The molecule has 1 fully saturated rings. The molecule has 6 atom stereocenters. The van der Waals surface area contributed by atoms with E-state index in [9.17, 15) is 25.2 Å². The molecule has 1 saturated carbocycles. The first-order valence-corrected chi connectivity index (χ1v) is 7.95. The van der Waals surface area contributed by atoms with Gasteiger partial charge in [0, 0.05) is 17.9 Å². The summed E-state index contributed by atoms with van der Waals surface area (Å²) in [6.07, 6.45) is -1.41. The Hall–Kier alpha value is -1.21. The van der Waals surface area contributed by atoms with Crippen LogP contribution in [-0.4, -0.2) is 56.2 Å². The van der Waals surface area contributed by atoms with Crippen LogP contribution in [0.2, 0.25) is 0 Å². The summed E-state index contributed by atoms with van der Waals surface area (Å²) in [5.41, 5.74) is -1.72. The van der Waals surface area contributed by atoms with Crippen LogP contribution >= 0.6 is 0 Å². The molecule has 128 valence electrons. The van der Waals surface area contributed by atoms with Crippen molar-refractivity contribution >= 4 is 5.78 Å². The normalized spacial score (nSPS) is 46.3. The lowest BCUT2D eigenvalue weighted by Gasteiger charge is -2.46. The smallest absolute Gasteiger partial charge is 0.196 e. The number of carbonyl (C=O) groups excluding carboxylic acids is 1. The number of allylic oxidation sites excluding steroid dienone is 1. The topological polar surface area (TPSA) is 107 Å². The Morgan fingerprint density at radius 1 is 1.43 bits per heavy atom. The number of ether oxygens (including phenoxy) is 1. The summed E-state index contributed by atoms with van der Waals surface area (Å²) in [6.45, 7) is 6.90. The van der Waals surface area contributed by atoms with E-state index >= 15 is 0 Å². The molecule has 1 aliphatic heterocycles. The van der Waals surface area contributed by atoms with Crippen molar-refractivity contribution in [1.82, 2.24) is 0 Å². The van der Waals surface area contributed by atoms with Crippen LogP contribution in [0.4, 0.5) is 0 Å². The highest BCUT2D eigenvalue weighted by Crippen LogP contribution is 2.54. The van der Waals surface area contributed by atoms with Crippen molar-refractivity contribution in [1.29, 1.82) is 0 Å². The fourth-order valence-corrected chi connectivity index (χ4v) is 4.33.